The Bertz CT molecular complexity index is 1340. The van der Waals surface area contributed by atoms with Crippen LogP contribution < -0.4 is 10.2 Å². The zero-order chi connectivity index (χ0) is 22.9. The quantitative estimate of drug-likeness (QED) is 0.383. The number of carboxylic acid groups (broad SMARTS) is 1. The van der Waals surface area contributed by atoms with E-state index in [1.54, 1.807) is 24.4 Å². The third-order valence-electron chi connectivity index (χ3n) is 5.69. The largest absolute Gasteiger partial charge is 0.478 e. The minimum absolute atomic E-state index is 0.210. The van der Waals surface area contributed by atoms with Crippen LogP contribution in [-0.4, -0.2) is 21.2 Å². The Kier molecular flexibility index (Phi) is 5.40. The molecule has 0 radical (unpaired) electrons. The van der Waals surface area contributed by atoms with Gasteiger partial charge in [-0.25, -0.2) is 4.79 Å². The monoisotopic (exact) mass is 455 g/mol. The lowest BCUT2D eigenvalue weighted by molar-refractivity contribution is 0.0697. The second-order valence-electron chi connectivity index (χ2n) is 7.92. The summed E-state index contributed by atoms with van der Waals surface area (Å²) in [6.45, 7) is 2.04. The standard InChI is InChI=1S/C26H21N3O3S/c1-16-6-4-9-19(14-16)29-24(23(28-26(29)33)20-10-2-3-13-27-20)22-12-11-21(32-22)17-7-5-8-18(15-17)25(30)31/h2-15,23-24H,1H3,(H,28,33)(H,30,31)/t23-,24+/m1/s1. The molecule has 3 heterocycles. The molecule has 0 spiro atoms. The van der Waals surface area contributed by atoms with Gasteiger partial charge in [-0.15, -0.1) is 0 Å². The van der Waals surface area contributed by atoms with Gasteiger partial charge in [0.25, 0.3) is 0 Å². The van der Waals surface area contributed by atoms with Crippen molar-refractivity contribution in [1.29, 1.82) is 0 Å². The lowest BCUT2D eigenvalue weighted by atomic mass is 10.0. The van der Waals surface area contributed by atoms with E-state index in [2.05, 4.69) is 21.3 Å². The van der Waals surface area contributed by atoms with Crippen molar-refractivity contribution in [3.8, 4) is 11.3 Å². The highest BCUT2D eigenvalue weighted by atomic mass is 32.1. The first-order chi connectivity index (χ1) is 16.0. The number of aromatic carboxylic acids is 1. The van der Waals surface area contributed by atoms with Gasteiger partial charge in [0.2, 0.25) is 0 Å². The molecule has 2 aromatic heterocycles. The fourth-order valence-electron chi connectivity index (χ4n) is 4.17. The predicted molar refractivity (Wildman–Crippen MR) is 130 cm³/mol. The fraction of sp³-hybridized carbons (Fsp3) is 0.115. The van der Waals surface area contributed by atoms with Crippen LogP contribution in [0, 0.1) is 6.92 Å². The highest BCUT2D eigenvalue weighted by molar-refractivity contribution is 7.80. The minimum Gasteiger partial charge on any atom is -0.478 e. The first-order valence-corrected chi connectivity index (χ1v) is 10.9. The van der Waals surface area contributed by atoms with Crippen LogP contribution in [-0.2, 0) is 0 Å². The molecule has 2 atom stereocenters. The van der Waals surface area contributed by atoms with Gasteiger partial charge >= 0.3 is 5.97 Å². The van der Waals surface area contributed by atoms with Gasteiger partial charge in [0.05, 0.1) is 17.3 Å². The Morgan fingerprint density at radius 2 is 1.91 bits per heavy atom. The lowest BCUT2D eigenvalue weighted by Gasteiger charge is -2.26. The van der Waals surface area contributed by atoms with Crippen molar-refractivity contribution >= 4 is 29.0 Å². The van der Waals surface area contributed by atoms with Crippen LogP contribution in [0.1, 0.15) is 39.5 Å². The Balaban J connectivity index is 1.59. The number of thiocarbonyl (C=S) groups is 1. The number of furan rings is 1. The third kappa shape index (κ3) is 3.99. The fourth-order valence-corrected chi connectivity index (χ4v) is 4.52. The summed E-state index contributed by atoms with van der Waals surface area (Å²) in [5.74, 6) is 0.319. The van der Waals surface area contributed by atoms with Gasteiger partial charge in [-0.05, 0) is 73.2 Å². The highest BCUT2D eigenvalue weighted by Crippen LogP contribution is 2.43. The third-order valence-corrected chi connectivity index (χ3v) is 6.00. The molecule has 0 bridgehead atoms. The van der Waals surface area contributed by atoms with Crippen molar-refractivity contribution in [2.24, 2.45) is 0 Å². The minimum atomic E-state index is -0.977. The number of pyridine rings is 1. The average molecular weight is 456 g/mol. The molecule has 0 saturated carbocycles. The molecule has 4 aromatic rings. The average Bonchev–Trinajstić information content (AvgIpc) is 3.44. The van der Waals surface area contributed by atoms with Crippen LogP contribution in [0.5, 0.6) is 0 Å². The summed E-state index contributed by atoms with van der Waals surface area (Å²) >= 11 is 5.75. The zero-order valence-electron chi connectivity index (χ0n) is 17.8. The number of rotatable bonds is 5. The van der Waals surface area contributed by atoms with Crippen molar-refractivity contribution < 1.29 is 14.3 Å². The van der Waals surface area contributed by atoms with E-state index in [0.717, 1.165) is 16.9 Å². The Morgan fingerprint density at radius 1 is 1.06 bits per heavy atom. The lowest BCUT2D eigenvalue weighted by Crippen LogP contribution is -2.29. The molecule has 1 saturated heterocycles. The Hall–Kier alpha value is -3.97. The van der Waals surface area contributed by atoms with Crippen molar-refractivity contribution in [3.05, 3.63) is 108 Å². The van der Waals surface area contributed by atoms with E-state index in [1.165, 1.54) is 0 Å². The van der Waals surface area contributed by atoms with Crippen molar-refractivity contribution in [3.63, 3.8) is 0 Å². The topological polar surface area (TPSA) is 78.6 Å². The molecule has 0 amide bonds. The molecular weight excluding hydrogens is 434 g/mol. The molecule has 0 aliphatic carbocycles. The molecule has 2 aromatic carbocycles. The maximum atomic E-state index is 11.4. The number of aromatic nitrogens is 1. The van der Waals surface area contributed by atoms with Crippen LogP contribution in [0.2, 0.25) is 0 Å². The Labute approximate surface area is 196 Å². The summed E-state index contributed by atoms with van der Waals surface area (Å²) in [5.41, 5.74) is 3.85. The summed E-state index contributed by atoms with van der Waals surface area (Å²) in [4.78, 5) is 18.0. The zero-order valence-corrected chi connectivity index (χ0v) is 18.6. The SMILES string of the molecule is Cc1cccc(N2C(=S)N[C@H](c3ccccn3)[C@@H]2c2ccc(-c3cccc(C(=O)O)c3)o2)c1. The van der Waals surface area contributed by atoms with Gasteiger partial charge < -0.3 is 19.7 Å². The van der Waals surface area contributed by atoms with Crippen LogP contribution in [0.25, 0.3) is 11.3 Å². The summed E-state index contributed by atoms with van der Waals surface area (Å²) in [7, 11) is 0. The second kappa shape index (κ2) is 8.52. The number of aryl methyl sites for hydroxylation is 1. The number of carbonyl (C=O) groups is 1. The van der Waals surface area contributed by atoms with Gasteiger partial charge in [0, 0.05) is 17.4 Å². The van der Waals surface area contributed by atoms with Gasteiger partial charge in [-0.2, -0.15) is 0 Å². The van der Waals surface area contributed by atoms with E-state index in [4.69, 9.17) is 16.6 Å². The van der Waals surface area contributed by atoms with E-state index in [0.29, 0.717) is 22.2 Å². The van der Waals surface area contributed by atoms with Crippen LogP contribution in [0.4, 0.5) is 5.69 Å². The van der Waals surface area contributed by atoms with Crippen molar-refractivity contribution in [1.82, 2.24) is 10.3 Å². The molecule has 1 fully saturated rings. The van der Waals surface area contributed by atoms with E-state index in [1.807, 2.05) is 61.5 Å². The molecule has 1 aliphatic heterocycles. The number of anilines is 1. The number of hydrogen-bond acceptors (Lipinski definition) is 4. The number of carboxylic acids is 1. The van der Waals surface area contributed by atoms with Crippen LogP contribution >= 0.6 is 12.2 Å². The van der Waals surface area contributed by atoms with Crippen molar-refractivity contribution in [2.45, 2.75) is 19.0 Å². The molecule has 2 N–H and O–H groups in total. The van der Waals surface area contributed by atoms with E-state index in [-0.39, 0.29) is 17.6 Å². The molecule has 33 heavy (non-hydrogen) atoms. The number of nitrogens with zero attached hydrogens (tertiary/aromatic N) is 2. The molecule has 0 unspecified atom stereocenters. The molecular formula is C26H21N3O3S. The van der Waals surface area contributed by atoms with E-state index >= 15 is 0 Å². The number of benzene rings is 2. The van der Waals surface area contributed by atoms with E-state index in [9.17, 15) is 9.90 Å². The smallest absolute Gasteiger partial charge is 0.335 e. The van der Waals surface area contributed by atoms with Gasteiger partial charge in [-0.3, -0.25) is 4.98 Å². The second-order valence-corrected chi connectivity index (χ2v) is 8.31. The van der Waals surface area contributed by atoms with Crippen LogP contribution in [0.3, 0.4) is 0 Å². The first kappa shape index (κ1) is 20.9. The van der Waals surface area contributed by atoms with Gasteiger partial charge in [-0.1, -0.05) is 30.3 Å². The predicted octanol–water partition coefficient (Wildman–Crippen LogP) is 5.53. The molecule has 164 valence electrons. The first-order valence-electron chi connectivity index (χ1n) is 10.5. The Morgan fingerprint density at radius 3 is 2.67 bits per heavy atom. The molecule has 1 aliphatic rings. The summed E-state index contributed by atoms with van der Waals surface area (Å²) in [6.07, 6.45) is 1.76. The maximum absolute atomic E-state index is 11.4. The van der Waals surface area contributed by atoms with E-state index < -0.39 is 5.97 Å². The number of nitrogens with one attached hydrogen (secondary N) is 1. The maximum Gasteiger partial charge on any atom is 0.335 e. The highest BCUT2D eigenvalue weighted by Gasteiger charge is 2.42. The summed E-state index contributed by atoms with van der Waals surface area (Å²) in [6, 6.07) is 24.0. The number of hydrogen-bond donors (Lipinski definition) is 2. The summed E-state index contributed by atoms with van der Waals surface area (Å²) < 4.78 is 6.31. The normalized spacial score (nSPS) is 17.7. The van der Waals surface area contributed by atoms with Crippen LogP contribution in [0.15, 0.2) is 89.5 Å². The van der Waals surface area contributed by atoms with Crippen molar-refractivity contribution in [2.75, 3.05) is 4.90 Å². The molecule has 6 nitrogen and oxygen atoms in total. The molecule has 5 rings (SSSR count). The summed E-state index contributed by atoms with van der Waals surface area (Å²) in [5, 5.41) is 13.3. The van der Waals surface area contributed by atoms with Gasteiger partial charge in [0.15, 0.2) is 5.11 Å². The molecule has 7 heteroatoms. The van der Waals surface area contributed by atoms with Gasteiger partial charge in [0.1, 0.15) is 17.6 Å².